The van der Waals surface area contributed by atoms with Gasteiger partial charge in [0.05, 0.1) is 0 Å². The monoisotopic (exact) mass is 298 g/mol. The van der Waals surface area contributed by atoms with Gasteiger partial charge in [-0.15, -0.1) is 0 Å². The van der Waals surface area contributed by atoms with Gasteiger partial charge in [0.1, 0.15) is 11.5 Å². The lowest BCUT2D eigenvalue weighted by Gasteiger charge is -2.07. The van der Waals surface area contributed by atoms with E-state index in [0.29, 0.717) is 36.3 Å². The highest BCUT2D eigenvalue weighted by molar-refractivity contribution is 5.96. The Morgan fingerprint density at radius 2 is 1.55 bits per heavy atom. The van der Waals surface area contributed by atoms with Gasteiger partial charge in [0.25, 0.3) is 0 Å². The van der Waals surface area contributed by atoms with Crippen molar-refractivity contribution < 1.29 is 19.4 Å². The molecule has 2 aromatic rings. The second-order valence-corrected chi connectivity index (χ2v) is 4.97. The average Bonchev–Trinajstić information content (AvgIpc) is 2.52. The van der Waals surface area contributed by atoms with Crippen LogP contribution in [0.4, 0.5) is 0 Å². The molecule has 114 valence electrons. The molecule has 0 aromatic heterocycles. The molecule has 0 fully saturated rings. The molecule has 22 heavy (non-hydrogen) atoms. The van der Waals surface area contributed by atoms with Gasteiger partial charge < -0.3 is 9.84 Å². The number of para-hydroxylation sites is 1. The Hall–Kier alpha value is -2.62. The molecule has 1 N–H and O–H groups in total. The molecule has 0 amide bonds. The van der Waals surface area contributed by atoms with E-state index < -0.39 is 5.97 Å². The van der Waals surface area contributed by atoms with E-state index in [-0.39, 0.29) is 12.2 Å². The van der Waals surface area contributed by atoms with E-state index in [1.165, 1.54) is 0 Å². The lowest BCUT2D eigenvalue weighted by molar-refractivity contribution is -0.137. The van der Waals surface area contributed by atoms with Gasteiger partial charge >= 0.3 is 5.97 Å². The topological polar surface area (TPSA) is 63.6 Å². The van der Waals surface area contributed by atoms with Crippen molar-refractivity contribution in [3.05, 3.63) is 60.2 Å². The highest BCUT2D eigenvalue weighted by atomic mass is 16.5. The van der Waals surface area contributed by atoms with Crippen LogP contribution >= 0.6 is 0 Å². The van der Waals surface area contributed by atoms with Crippen LogP contribution in [-0.2, 0) is 4.79 Å². The molecule has 0 radical (unpaired) electrons. The third-order valence-corrected chi connectivity index (χ3v) is 3.18. The lowest BCUT2D eigenvalue weighted by atomic mass is 10.0. The summed E-state index contributed by atoms with van der Waals surface area (Å²) in [7, 11) is 0. The van der Waals surface area contributed by atoms with Crippen molar-refractivity contribution in [2.24, 2.45) is 0 Å². The maximum atomic E-state index is 12.1. The number of hydrogen-bond acceptors (Lipinski definition) is 3. The van der Waals surface area contributed by atoms with Gasteiger partial charge in [-0.1, -0.05) is 30.3 Å². The minimum Gasteiger partial charge on any atom is -0.481 e. The maximum absolute atomic E-state index is 12.1. The van der Waals surface area contributed by atoms with Crippen molar-refractivity contribution in [2.45, 2.75) is 25.7 Å². The number of unbranched alkanes of at least 4 members (excludes halogenated alkanes) is 1. The molecule has 0 heterocycles. The smallest absolute Gasteiger partial charge is 0.303 e. The molecule has 0 aliphatic heterocycles. The molecule has 0 unspecified atom stereocenters. The summed E-state index contributed by atoms with van der Waals surface area (Å²) in [4.78, 5) is 22.5. The van der Waals surface area contributed by atoms with Crippen molar-refractivity contribution in [3.8, 4) is 11.5 Å². The molecule has 0 saturated heterocycles. The van der Waals surface area contributed by atoms with Gasteiger partial charge in [0, 0.05) is 18.4 Å². The standard InChI is InChI=1S/C18H18O4/c19-17(11-4-5-12-18(20)21)14-7-6-10-16(13-14)22-15-8-2-1-3-9-15/h1-3,6-10,13H,4-5,11-12H2,(H,20,21). The molecule has 0 spiro atoms. The Morgan fingerprint density at radius 3 is 2.27 bits per heavy atom. The number of aliphatic carboxylic acids is 1. The number of carbonyl (C=O) groups excluding carboxylic acids is 1. The molecule has 4 heteroatoms. The molecular formula is C18H18O4. The van der Waals surface area contributed by atoms with Crippen LogP contribution < -0.4 is 4.74 Å². The first kappa shape index (κ1) is 15.8. The first-order valence-electron chi connectivity index (χ1n) is 7.23. The minimum absolute atomic E-state index is 0.00361. The number of carboxylic acids is 1. The quantitative estimate of drug-likeness (QED) is 0.582. The van der Waals surface area contributed by atoms with Crippen molar-refractivity contribution in [1.29, 1.82) is 0 Å². The number of Topliss-reactive ketones (excluding diaryl/α,β-unsaturated/α-hetero) is 1. The van der Waals surface area contributed by atoms with Gasteiger partial charge in [-0.2, -0.15) is 0 Å². The van der Waals surface area contributed by atoms with Crippen LogP contribution in [0.3, 0.4) is 0 Å². The Balaban J connectivity index is 1.93. The summed E-state index contributed by atoms with van der Waals surface area (Å²) in [6, 6.07) is 16.4. The van der Waals surface area contributed by atoms with Crippen molar-refractivity contribution >= 4 is 11.8 Å². The van der Waals surface area contributed by atoms with E-state index in [1.54, 1.807) is 24.3 Å². The summed E-state index contributed by atoms with van der Waals surface area (Å²) in [6.07, 6.45) is 1.54. The molecule has 0 saturated carbocycles. The van der Waals surface area contributed by atoms with Crippen LogP contribution in [0.25, 0.3) is 0 Å². The van der Waals surface area contributed by atoms with Gasteiger partial charge in [-0.05, 0) is 37.1 Å². The second kappa shape index (κ2) is 7.98. The second-order valence-electron chi connectivity index (χ2n) is 4.97. The maximum Gasteiger partial charge on any atom is 0.303 e. The largest absolute Gasteiger partial charge is 0.481 e. The van der Waals surface area contributed by atoms with Crippen LogP contribution in [0.5, 0.6) is 11.5 Å². The van der Waals surface area contributed by atoms with E-state index in [4.69, 9.17) is 9.84 Å². The number of carbonyl (C=O) groups is 2. The van der Waals surface area contributed by atoms with Gasteiger partial charge in [-0.25, -0.2) is 0 Å². The first-order chi connectivity index (χ1) is 10.6. The number of benzene rings is 2. The first-order valence-corrected chi connectivity index (χ1v) is 7.23. The SMILES string of the molecule is O=C(O)CCCCC(=O)c1cccc(Oc2ccccc2)c1. The summed E-state index contributed by atoms with van der Waals surface area (Å²) in [5.41, 5.74) is 0.587. The Bertz CT molecular complexity index is 635. The zero-order valence-electron chi connectivity index (χ0n) is 12.2. The zero-order valence-corrected chi connectivity index (χ0v) is 12.2. The van der Waals surface area contributed by atoms with Crippen LogP contribution in [0, 0.1) is 0 Å². The molecular weight excluding hydrogens is 280 g/mol. The summed E-state index contributed by atoms with van der Waals surface area (Å²) in [5, 5.41) is 8.57. The summed E-state index contributed by atoms with van der Waals surface area (Å²) in [5.74, 6) is 0.505. The van der Waals surface area contributed by atoms with Crippen molar-refractivity contribution in [1.82, 2.24) is 0 Å². The fourth-order valence-corrected chi connectivity index (χ4v) is 2.06. The van der Waals surface area contributed by atoms with E-state index in [2.05, 4.69) is 0 Å². The van der Waals surface area contributed by atoms with Gasteiger partial charge in [0.2, 0.25) is 0 Å². The summed E-state index contributed by atoms with van der Waals surface area (Å²) >= 11 is 0. The lowest BCUT2D eigenvalue weighted by Crippen LogP contribution is -2.00. The van der Waals surface area contributed by atoms with Crippen LogP contribution in [0.1, 0.15) is 36.0 Å². The van der Waals surface area contributed by atoms with Crippen molar-refractivity contribution in [3.63, 3.8) is 0 Å². The molecule has 4 nitrogen and oxygen atoms in total. The number of ether oxygens (including phenoxy) is 1. The van der Waals surface area contributed by atoms with Gasteiger partial charge in [-0.3, -0.25) is 9.59 Å². The highest BCUT2D eigenvalue weighted by Crippen LogP contribution is 2.22. The Morgan fingerprint density at radius 1 is 0.864 bits per heavy atom. The predicted molar refractivity (Wildman–Crippen MR) is 83.4 cm³/mol. The number of rotatable bonds is 8. The van der Waals surface area contributed by atoms with E-state index in [9.17, 15) is 9.59 Å². The Labute approximate surface area is 129 Å². The molecule has 0 aliphatic rings. The normalized spacial score (nSPS) is 10.2. The molecule has 2 rings (SSSR count). The number of hydrogen-bond donors (Lipinski definition) is 1. The molecule has 0 bridgehead atoms. The zero-order chi connectivity index (χ0) is 15.8. The fourth-order valence-electron chi connectivity index (χ4n) is 2.06. The summed E-state index contributed by atoms with van der Waals surface area (Å²) in [6.45, 7) is 0. The van der Waals surface area contributed by atoms with Crippen LogP contribution in [-0.4, -0.2) is 16.9 Å². The predicted octanol–water partition coefficient (Wildman–Crippen LogP) is 4.31. The van der Waals surface area contributed by atoms with E-state index in [0.717, 1.165) is 0 Å². The minimum atomic E-state index is -0.828. The summed E-state index contributed by atoms with van der Waals surface area (Å²) < 4.78 is 5.70. The van der Waals surface area contributed by atoms with Crippen LogP contribution in [0.2, 0.25) is 0 Å². The van der Waals surface area contributed by atoms with Crippen LogP contribution in [0.15, 0.2) is 54.6 Å². The molecule has 0 aliphatic carbocycles. The van der Waals surface area contributed by atoms with E-state index in [1.807, 2.05) is 30.3 Å². The Kier molecular flexibility index (Phi) is 5.72. The fraction of sp³-hybridized carbons (Fsp3) is 0.222. The van der Waals surface area contributed by atoms with Gasteiger partial charge in [0.15, 0.2) is 5.78 Å². The third kappa shape index (κ3) is 5.05. The van der Waals surface area contributed by atoms with Crippen molar-refractivity contribution in [2.75, 3.05) is 0 Å². The molecule has 0 atom stereocenters. The van der Waals surface area contributed by atoms with E-state index >= 15 is 0 Å². The third-order valence-electron chi connectivity index (χ3n) is 3.18. The average molecular weight is 298 g/mol. The number of ketones is 1. The number of carboxylic acid groups (broad SMARTS) is 1. The molecule has 2 aromatic carbocycles. The highest BCUT2D eigenvalue weighted by Gasteiger charge is 2.08.